The highest BCUT2D eigenvalue weighted by Crippen LogP contribution is 2.21. The third kappa shape index (κ3) is 2.86. The van der Waals surface area contributed by atoms with Gasteiger partial charge in [0.25, 0.3) is 0 Å². The van der Waals surface area contributed by atoms with Crippen LogP contribution in [0.25, 0.3) is 0 Å². The Labute approximate surface area is 102 Å². The summed E-state index contributed by atoms with van der Waals surface area (Å²) < 4.78 is 0. The molecule has 17 heavy (non-hydrogen) atoms. The highest BCUT2D eigenvalue weighted by molar-refractivity contribution is 5.73. The van der Waals surface area contributed by atoms with Crippen molar-refractivity contribution in [2.45, 2.75) is 44.7 Å². The molecule has 0 aliphatic heterocycles. The molecule has 2 N–H and O–H groups in total. The molecule has 0 spiro atoms. The van der Waals surface area contributed by atoms with Gasteiger partial charge >= 0.3 is 5.97 Å². The lowest BCUT2D eigenvalue weighted by Crippen LogP contribution is -2.45. The Balaban J connectivity index is 2.00. The lowest BCUT2D eigenvalue weighted by molar-refractivity contribution is -0.139. The predicted molar refractivity (Wildman–Crippen MR) is 67.1 cm³/mol. The summed E-state index contributed by atoms with van der Waals surface area (Å²) in [5, 5.41) is 12.3. The first-order valence-corrected chi connectivity index (χ1v) is 6.26. The van der Waals surface area contributed by atoms with Crippen LogP contribution in [0.5, 0.6) is 0 Å². The first-order valence-electron chi connectivity index (χ1n) is 6.26. The van der Waals surface area contributed by atoms with Gasteiger partial charge in [-0.15, -0.1) is 0 Å². The molecule has 2 rings (SSSR count). The fraction of sp³-hybridized carbons (Fsp3) is 0.500. The van der Waals surface area contributed by atoms with E-state index in [9.17, 15) is 4.79 Å². The van der Waals surface area contributed by atoms with E-state index in [1.807, 2.05) is 6.92 Å². The van der Waals surface area contributed by atoms with Crippen molar-refractivity contribution >= 4 is 5.97 Å². The van der Waals surface area contributed by atoms with Crippen LogP contribution in [0.1, 0.15) is 30.9 Å². The van der Waals surface area contributed by atoms with Crippen LogP contribution in [-0.4, -0.2) is 23.2 Å². The number of carboxylic acids is 1. The van der Waals surface area contributed by atoms with Crippen molar-refractivity contribution in [3.05, 3.63) is 35.4 Å². The van der Waals surface area contributed by atoms with Gasteiger partial charge in [-0.25, -0.2) is 0 Å². The van der Waals surface area contributed by atoms with Crippen molar-refractivity contribution < 1.29 is 9.90 Å². The van der Waals surface area contributed by atoms with E-state index in [1.54, 1.807) is 0 Å². The van der Waals surface area contributed by atoms with Gasteiger partial charge < -0.3 is 10.4 Å². The zero-order valence-electron chi connectivity index (χ0n) is 10.1. The molecule has 3 nitrogen and oxygen atoms in total. The van der Waals surface area contributed by atoms with Crippen LogP contribution in [0.15, 0.2) is 24.3 Å². The van der Waals surface area contributed by atoms with Crippen LogP contribution in [0.4, 0.5) is 0 Å². The molecule has 0 fully saturated rings. The summed E-state index contributed by atoms with van der Waals surface area (Å²) in [7, 11) is 0. The van der Waals surface area contributed by atoms with E-state index in [0.717, 1.165) is 19.3 Å². The molecule has 1 aromatic carbocycles. The summed E-state index contributed by atoms with van der Waals surface area (Å²) in [6.07, 6.45) is 3.65. The average molecular weight is 233 g/mol. The SMILES string of the molecule is CCC(NC1CCc2ccccc2C1)C(=O)O. The van der Waals surface area contributed by atoms with Gasteiger partial charge in [-0.3, -0.25) is 4.79 Å². The van der Waals surface area contributed by atoms with E-state index in [0.29, 0.717) is 12.5 Å². The van der Waals surface area contributed by atoms with Crippen molar-refractivity contribution in [3.8, 4) is 0 Å². The molecule has 0 amide bonds. The van der Waals surface area contributed by atoms with E-state index in [4.69, 9.17) is 5.11 Å². The summed E-state index contributed by atoms with van der Waals surface area (Å²) >= 11 is 0. The summed E-state index contributed by atoms with van der Waals surface area (Å²) in [6.45, 7) is 1.91. The summed E-state index contributed by atoms with van der Waals surface area (Å²) in [5.41, 5.74) is 2.77. The Bertz CT molecular complexity index is 403. The molecule has 0 radical (unpaired) electrons. The summed E-state index contributed by atoms with van der Waals surface area (Å²) in [4.78, 5) is 11.0. The highest BCUT2D eigenvalue weighted by atomic mass is 16.4. The van der Waals surface area contributed by atoms with E-state index < -0.39 is 12.0 Å². The van der Waals surface area contributed by atoms with Gasteiger partial charge in [-0.05, 0) is 36.8 Å². The van der Waals surface area contributed by atoms with Gasteiger partial charge in [0, 0.05) is 6.04 Å². The molecule has 0 bridgehead atoms. The van der Waals surface area contributed by atoms with Gasteiger partial charge in [0.1, 0.15) is 6.04 Å². The Kier molecular flexibility index (Phi) is 3.79. The monoisotopic (exact) mass is 233 g/mol. The number of carbonyl (C=O) groups is 1. The molecular formula is C14H19NO2. The van der Waals surface area contributed by atoms with Crippen molar-refractivity contribution in [2.24, 2.45) is 0 Å². The number of nitrogens with one attached hydrogen (secondary N) is 1. The molecule has 0 saturated heterocycles. The number of hydrogen-bond donors (Lipinski definition) is 2. The quantitative estimate of drug-likeness (QED) is 0.836. The van der Waals surface area contributed by atoms with Crippen LogP contribution in [0.2, 0.25) is 0 Å². The summed E-state index contributed by atoms with van der Waals surface area (Å²) in [6, 6.07) is 8.32. The molecule has 1 aromatic rings. The Morgan fingerprint density at radius 3 is 2.82 bits per heavy atom. The van der Waals surface area contributed by atoms with Gasteiger partial charge in [-0.1, -0.05) is 31.2 Å². The minimum atomic E-state index is -0.744. The molecule has 3 heteroatoms. The lowest BCUT2D eigenvalue weighted by atomic mass is 9.88. The second-order valence-corrected chi connectivity index (χ2v) is 4.67. The maximum atomic E-state index is 11.0. The van der Waals surface area contributed by atoms with Crippen LogP contribution in [-0.2, 0) is 17.6 Å². The third-order valence-corrected chi connectivity index (χ3v) is 3.49. The standard InChI is InChI=1S/C14H19NO2/c1-2-13(14(16)17)15-12-8-7-10-5-3-4-6-11(10)9-12/h3-6,12-13,15H,2,7-9H2,1H3,(H,16,17). The molecule has 0 heterocycles. The zero-order chi connectivity index (χ0) is 12.3. The van der Waals surface area contributed by atoms with Crippen LogP contribution >= 0.6 is 0 Å². The van der Waals surface area contributed by atoms with Crippen molar-refractivity contribution in [1.82, 2.24) is 5.32 Å². The minimum absolute atomic E-state index is 0.297. The molecule has 2 atom stereocenters. The minimum Gasteiger partial charge on any atom is -0.480 e. The largest absolute Gasteiger partial charge is 0.480 e. The normalized spacial score (nSPS) is 20.6. The van der Waals surface area contributed by atoms with Crippen LogP contribution < -0.4 is 5.32 Å². The Hall–Kier alpha value is -1.35. The average Bonchev–Trinajstić information content (AvgIpc) is 2.35. The van der Waals surface area contributed by atoms with E-state index in [1.165, 1.54) is 11.1 Å². The molecule has 1 aliphatic carbocycles. The number of hydrogen-bond acceptors (Lipinski definition) is 2. The van der Waals surface area contributed by atoms with Crippen molar-refractivity contribution in [3.63, 3.8) is 0 Å². The van der Waals surface area contributed by atoms with E-state index >= 15 is 0 Å². The van der Waals surface area contributed by atoms with Crippen molar-refractivity contribution in [1.29, 1.82) is 0 Å². The number of rotatable bonds is 4. The fourth-order valence-electron chi connectivity index (χ4n) is 2.49. The molecule has 92 valence electrons. The first-order chi connectivity index (χ1) is 8.20. The third-order valence-electron chi connectivity index (χ3n) is 3.49. The van der Waals surface area contributed by atoms with Crippen LogP contribution in [0, 0.1) is 0 Å². The molecule has 0 aromatic heterocycles. The highest BCUT2D eigenvalue weighted by Gasteiger charge is 2.23. The molecule has 2 unspecified atom stereocenters. The molecular weight excluding hydrogens is 214 g/mol. The zero-order valence-corrected chi connectivity index (χ0v) is 10.1. The predicted octanol–water partition coefficient (Wildman–Crippen LogP) is 2.00. The topological polar surface area (TPSA) is 49.3 Å². The molecule has 0 saturated carbocycles. The first kappa shape index (κ1) is 12.1. The van der Waals surface area contributed by atoms with Crippen LogP contribution in [0.3, 0.4) is 0 Å². The van der Waals surface area contributed by atoms with Gasteiger partial charge in [0.15, 0.2) is 0 Å². The number of aliphatic carboxylic acids is 1. The fourth-order valence-corrected chi connectivity index (χ4v) is 2.49. The van der Waals surface area contributed by atoms with E-state index in [2.05, 4.69) is 29.6 Å². The van der Waals surface area contributed by atoms with Crippen molar-refractivity contribution in [2.75, 3.05) is 0 Å². The number of carboxylic acid groups (broad SMARTS) is 1. The Morgan fingerprint density at radius 1 is 1.47 bits per heavy atom. The number of aryl methyl sites for hydroxylation is 1. The smallest absolute Gasteiger partial charge is 0.320 e. The second-order valence-electron chi connectivity index (χ2n) is 4.67. The van der Waals surface area contributed by atoms with Gasteiger partial charge in [-0.2, -0.15) is 0 Å². The summed E-state index contributed by atoms with van der Waals surface area (Å²) in [5.74, 6) is -0.744. The van der Waals surface area contributed by atoms with E-state index in [-0.39, 0.29) is 0 Å². The number of benzene rings is 1. The van der Waals surface area contributed by atoms with Gasteiger partial charge in [0.2, 0.25) is 0 Å². The lowest BCUT2D eigenvalue weighted by Gasteiger charge is -2.27. The second kappa shape index (κ2) is 5.32. The van der Waals surface area contributed by atoms with Gasteiger partial charge in [0.05, 0.1) is 0 Å². The Morgan fingerprint density at radius 2 is 2.18 bits per heavy atom. The number of fused-ring (bicyclic) bond motifs is 1. The maximum absolute atomic E-state index is 11.0. The molecule has 1 aliphatic rings. The maximum Gasteiger partial charge on any atom is 0.320 e.